The standard InChI is InChI=1S/C14H7BrF3NS/c15-10-4-1-8(2-5-10)13-19-11-7-9(14(16,17)18)3-6-12(11)20-13/h1-7H. The molecule has 3 rings (SSSR count). The van der Waals surface area contributed by atoms with Crippen LogP contribution in [0.1, 0.15) is 5.56 Å². The molecule has 0 saturated heterocycles. The first-order valence-corrected chi connectivity index (χ1v) is 7.28. The minimum atomic E-state index is -4.34. The van der Waals surface area contributed by atoms with Gasteiger partial charge >= 0.3 is 6.18 Å². The predicted octanol–water partition coefficient (Wildman–Crippen LogP) is 5.74. The number of rotatable bonds is 1. The van der Waals surface area contributed by atoms with Crippen LogP contribution in [0.15, 0.2) is 46.9 Å². The largest absolute Gasteiger partial charge is 0.416 e. The van der Waals surface area contributed by atoms with Crippen molar-refractivity contribution in [2.45, 2.75) is 6.18 Å². The summed E-state index contributed by atoms with van der Waals surface area (Å²) in [5.74, 6) is 0. The Morgan fingerprint density at radius 1 is 1.00 bits per heavy atom. The Morgan fingerprint density at radius 3 is 2.35 bits per heavy atom. The fourth-order valence-corrected chi connectivity index (χ4v) is 3.04. The van der Waals surface area contributed by atoms with E-state index in [1.165, 1.54) is 17.4 Å². The molecule has 0 amide bonds. The van der Waals surface area contributed by atoms with Crippen molar-refractivity contribution >= 4 is 37.5 Å². The summed E-state index contributed by atoms with van der Waals surface area (Å²) in [6.45, 7) is 0. The Balaban J connectivity index is 2.09. The van der Waals surface area contributed by atoms with Gasteiger partial charge in [0.05, 0.1) is 15.8 Å². The van der Waals surface area contributed by atoms with Crippen LogP contribution in [0.3, 0.4) is 0 Å². The van der Waals surface area contributed by atoms with Crippen LogP contribution >= 0.6 is 27.3 Å². The third-order valence-corrected chi connectivity index (χ3v) is 4.42. The van der Waals surface area contributed by atoms with E-state index < -0.39 is 11.7 Å². The Kier molecular flexibility index (Phi) is 3.30. The van der Waals surface area contributed by atoms with Gasteiger partial charge < -0.3 is 0 Å². The molecule has 1 nitrogen and oxygen atoms in total. The van der Waals surface area contributed by atoms with Gasteiger partial charge in [0.1, 0.15) is 5.01 Å². The number of nitrogens with zero attached hydrogens (tertiary/aromatic N) is 1. The van der Waals surface area contributed by atoms with Crippen LogP contribution in [0.2, 0.25) is 0 Å². The summed E-state index contributed by atoms with van der Waals surface area (Å²) in [5.41, 5.74) is 0.600. The molecular formula is C14H7BrF3NS. The van der Waals surface area contributed by atoms with Gasteiger partial charge in [-0.3, -0.25) is 0 Å². The van der Waals surface area contributed by atoms with E-state index in [1.807, 2.05) is 24.3 Å². The monoisotopic (exact) mass is 357 g/mol. The molecule has 0 aliphatic rings. The summed E-state index contributed by atoms with van der Waals surface area (Å²) >= 11 is 4.72. The quantitative estimate of drug-likeness (QED) is 0.540. The second-order valence-electron chi connectivity index (χ2n) is 4.21. The molecule has 3 aromatic rings. The van der Waals surface area contributed by atoms with Gasteiger partial charge in [0.2, 0.25) is 0 Å². The van der Waals surface area contributed by atoms with Gasteiger partial charge in [-0.2, -0.15) is 13.2 Å². The average molecular weight is 358 g/mol. The molecule has 0 radical (unpaired) electrons. The van der Waals surface area contributed by atoms with Crippen molar-refractivity contribution < 1.29 is 13.2 Å². The number of benzene rings is 2. The highest BCUT2D eigenvalue weighted by molar-refractivity contribution is 9.10. The second kappa shape index (κ2) is 4.86. The average Bonchev–Trinajstić information content (AvgIpc) is 2.81. The Hall–Kier alpha value is -1.40. The van der Waals surface area contributed by atoms with E-state index in [0.717, 1.165) is 26.9 Å². The zero-order valence-corrected chi connectivity index (χ0v) is 12.3. The van der Waals surface area contributed by atoms with E-state index in [1.54, 1.807) is 0 Å². The fourth-order valence-electron chi connectivity index (χ4n) is 1.82. The maximum Gasteiger partial charge on any atom is 0.416 e. The highest BCUT2D eigenvalue weighted by atomic mass is 79.9. The SMILES string of the molecule is FC(F)(F)c1ccc2sc(-c3ccc(Br)cc3)nc2c1. The van der Waals surface area contributed by atoms with Crippen LogP contribution in [0.25, 0.3) is 20.8 Å². The van der Waals surface area contributed by atoms with Crippen molar-refractivity contribution in [3.63, 3.8) is 0 Å². The lowest BCUT2D eigenvalue weighted by Gasteiger charge is -2.04. The highest BCUT2D eigenvalue weighted by Crippen LogP contribution is 2.35. The lowest BCUT2D eigenvalue weighted by molar-refractivity contribution is -0.137. The number of hydrogen-bond donors (Lipinski definition) is 0. The highest BCUT2D eigenvalue weighted by Gasteiger charge is 2.30. The third kappa shape index (κ3) is 2.58. The van der Waals surface area contributed by atoms with Gasteiger partial charge in [0, 0.05) is 10.0 Å². The van der Waals surface area contributed by atoms with Crippen LogP contribution in [-0.4, -0.2) is 4.98 Å². The maximum absolute atomic E-state index is 12.7. The molecule has 102 valence electrons. The number of alkyl halides is 3. The molecule has 0 saturated carbocycles. The van der Waals surface area contributed by atoms with E-state index >= 15 is 0 Å². The lowest BCUT2D eigenvalue weighted by atomic mass is 10.2. The van der Waals surface area contributed by atoms with Crippen LogP contribution < -0.4 is 0 Å². The lowest BCUT2D eigenvalue weighted by Crippen LogP contribution is -2.03. The Bertz CT molecular complexity index is 762. The molecule has 0 N–H and O–H groups in total. The summed E-state index contributed by atoms with van der Waals surface area (Å²) < 4.78 is 39.7. The summed E-state index contributed by atoms with van der Waals surface area (Å²) in [5, 5.41) is 0.715. The number of aromatic nitrogens is 1. The molecule has 2 aromatic carbocycles. The van der Waals surface area contributed by atoms with Crippen molar-refractivity contribution in [2.24, 2.45) is 0 Å². The normalized spacial score (nSPS) is 12.0. The van der Waals surface area contributed by atoms with E-state index in [-0.39, 0.29) is 0 Å². The maximum atomic E-state index is 12.7. The molecule has 0 fully saturated rings. The summed E-state index contributed by atoms with van der Waals surface area (Å²) in [4.78, 5) is 4.29. The van der Waals surface area contributed by atoms with E-state index in [9.17, 15) is 13.2 Å². The van der Waals surface area contributed by atoms with Crippen LogP contribution in [-0.2, 0) is 6.18 Å². The van der Waals surface area contributed by atoms with E-state index in [4.69, 9.17) is 0 Å². The van der Waals surface area contributed by atoms with Crippen molar-refractivity contribution in [1.82, 2.24) is 4.98 Å². The minimum Gasteiger partial charge on any atom is -0.236 e. The molecule has 20 heavy (non-hydrogen) atoms. The van der Waals surface area contributed by atoms with E-state index in [0.29, 0.717) is 10.5 Å². The summed E-state index contributed by atoms with van der Waals surface area (Å²) in [6.07, 6.45) is -4.34. The zero-order chi connectivity index (χ0) is 14.3. The smallest absolute Gasteiger partial charge is 0.236 e. The van der Waals surface area contributed by atoms with Gasteiger partial charge in [-0.25, -0.2) is 4.98 Å². The number of hydrogen-bond acceptors (Lipinski definition) is 2. The molecule has 0 aliphatic heterocycles. The molecule has 0 bridgehead atoms. The molecule has 0 spiro atoms. The van der Waals surface area contributed by atoms with Crippen molar-refractivity contribution in [1.29, 1.82) is 0 Å². The van der Waals surface area contributed by atoms with Crippen LogP contribution in [0.4, 0.5) is 13.2 Å². The minimum absolute atomic E-state index is 0.378. The number of fused-ring (bicyclic) bond motifs is 1. The fraction of sp³-hybridized carbons (Fsp3) is 0.0714. The zero-order valence-electron chi connectivity index (χ0n) is 9.91. The first kappa shape index (κ1) is 13.6. The molecule has 0 aliphatic carbocycles. The molecular weight excluding hydrogens is 351 g/mol. The molecule has 1 heterocycles. The topological polar surface area (TPSA) is 12.9 Å². The van der Waals surface area contributed by atoms with Crippen LogP contribution in [0.5, 0.6) is 0 Å². The Labute approximate surface area is 125 Å². The molecule has 1 aromatic heterocycles. The van der Waals surface area contributed by atoms with E-state index in [2.05, 4.69) is 20.9 Å². The van der Waals surface area contributed by atoms with Gasteiger partial charge in [-0.1, -0.05) is 28.1 Å². The number of thiazole rings is 1. The van der Waals surface area contributed by atoms with Crippen molar-refractivity contribution in [2.75, 3.05) is 0 Å². The van der Waals surface area contributed by atoms with Crippen LogP contribution in [0, 0.1) is 0 Å². The first-order chi connectivity index (χ1) is 9.43. The third-order valence-electron chi connectivity index (χ3n) is 2.81. The molecule has 0 unspecified atom stereocenters. The number of halogens is 4. The van der Waals surface area contributed by atoms with Crippen molar-refractivity contribution in [3.05, 3.63) is 52.5 Å². The van der Waals surface area contributed by atoms with Gasteiger partial charge in [-0.15, -0.1) is 11.3 Å². The van der Waals surface area contributed by atoms with Gasteiger partial charge in [0.25, 0.3) is 0 Å². The van der Waals surface area contributed by atoms with Gasteiger partial charge in [0.15, 0.2) is 0 Å². The summed E-state index contributed by atoms with van der Waals surface area (Å²) in [7, 11) is 0. The summed E-state index contributed by atoms with van der Waals surface area (Å²) in [6, 6.07) is 11.2. The molecule has 0 atom stereocenters. The second-order valence-corrected chi connectivity index (χ2v) is 6.15. The molecule has 6 heteroatoms. The van der Waals surface area contributed by atoms with Gasteiger partial charge in [-0.05, 0) is 30.3 Å². The predicted molar refractivity (Wildman–Crippen MR) is 77.8 cm³/mol. The Morgan fingerprint density at radius 2 is 1.70 bits per heavy atom. The van der Waals surface area contributed by atoms with Crippen molar-refractivity contribution in [3.8, 4) is 10.6 Å². The first-order valence-electron chi connectivity index (χ1n) is 5.67.